The zero-order valence-electron chi connectivity index (χ0n) is 21.1. The van der Waals surface area contributed by atoms with Crippen molar-refractivity contribution >= 4 is 28.6 Å². The molecule has 2 fully saturated rings. The number of hydrogen-bond donors (Lipinski definition) is 3. The maximum atomic E-state index is 15.3. The van der Waals surface area contributed by atoms with Gasteiger partial charge in [-0.05, 0) is 60.1 Å². The predicted octanol–water partition coefficient (Wildman–Crippen LogP) is 4.16. The minimum Gasteiger partial charge on any atom is -0.386 e. The van der Waals surface area contributed by atoms with Gasteiger partial charge in [-0.1, -0.05) is 11.6 Å². The summed E-state index contributed by atoms with van der Waals surface area (Å²) in [7, 11) is 0. The molecule has 0 amide bonds. The lowest BCUT2D eigenvalue weighted by molar-refractivity contribution is -0.164. The zero-order chi connectivity index (χ0) is 26.2. The molecule has 4 atom stereocenters. The first-order valence-corrected chi connectivity index (χ1v) is 12.4. The average molecular weight is 520 g/mol. The van der Waals surface area contributed by atoms with Crippen LogP contribution in [0.3, 0.4) is 0 Å². The van der Waals surface area contributed by atoms with Crippen LogP contribution in [0.5, 0.6) is 0 Å². The van der Waals surface area contributed by atoms with E-state index >= 15 is 4.39 Å². The second-order valence-corrected chi connectivity index (χ2v) is 11.3. The lowest BCUT2D eigenvalue weighted by Gasteiger charge is -2.33. The second-order valence-electron chi connectivity index (χ2n) is 10.9. The summed E-state index contributed by atoms with van der Waals surface area (Å²) in [6, 6.07) is 2.60. The van der Waals surface area contributed by atoms with Gasteiger partial charge in [-0.2, -0.15) is 0 Å². The summed E-state index contributed by atoms with van der Waals surface area (Å²) in [4.78, 5) is 13.2. The number of nitrogens with zero attached hydrogens (tertiary/aromatic N) is 4. The first-order valence-electron chi connectivity index (χ1n) is 12.0. The molecule has 0 aliphatic carbocycles. The number of aliphatic hydroxyl groups is 2. The molecular formula is C25H31ClFN5O4. The fourth-order valence-electron chi connectivity index (χ4n) is 4.97. The molecule has 2 aliphatic rings. The van der Waals surface area contributed by atoms with Gasteiger partial charge in [0.1, 0.15) is 23.0 Å². The number of benzene rings is 1. The van der Waals surface area contributed by atoms with Crippen LogP contribution in [0.4, 0.5) is 10.3 Å². The van der Waals surface area contributed by atoms with E-state index in [0.29, 0.717) is 29.0 Å². The van der Waals surface area contributed by atoms with Gasteiger partial charge in [-0.3, -0.25) is 0 Å². The van der Waals surface area contributed by atoms with Gasteiger partial charge in [0, 0.05) is 11.6 Å². The van der Waals surface area contributed by atoms with Crippen LogP contribution in [0, 0.1) is 5.82 Å². The summed E-state index contributed by atoms with van der Waals surface area (Å²) in [5.41, 5.74) is -0.313. The van der Waals surface area contributed by atoms with Crippen molar-refractivity contribution in [3.8, 4) is 11.3 Å². The average Bonchev–Trinajstić information content (AvgIpc) is 3.29. The van der Waals surface area contributed by atoms with Crippen LogP contribution in [0.25, 0.3) is 22.3 Å². The van der Waals surface area contributed by atoms with Crippen LogP contribution in [-0.4, -0.2) is 59.9 Å². The summed E-state index contributed by atoms with van der Waals surface area (Å²) in [6.45, 7) is 11.0. The third-order valence-corrected chi connectivity index (χ3v) is 7.07. The summed E-state index contributed by atoms with van der Waals surface area (Å²) in [5, 5.41) is 24.8. The van der Waals surface area contributed by atoms with Crippen LogP contribution in [0.2, 0.25) is 5.02 Å². The van der Waals surface area contributed by atoms with E-state index in [1.807, 2.05) is 32.3 Å². The highest BCUT2D eigenvalue weighted by atomic mass is 35.5. The highest BCUT2D eigenvalue weighted by molar-refractivity contribution is 6.33. The second kappa shape index (κ2) is 8.59. The highest BCUT2D eigenvalue weighted by Crippen LogP contribution is 2.40. The monoisotopic (exact) mass is 519 g/mol. The Morgan fingerprint density at radius 1 is 1.28 bits per heavy atom. The Balaban J connectivity index is 1.53. The minimum atomic E-state index is -1.26. The van der Waals surface area contributed by atoms with Gasteiger partial charge in [0.25, 0.3) is 0 Å². The lowest BCUT2D eigenvalue weighted by Crippen LogP contribution is -2.48. The summed E-state index contributed by atoms with van der Waals surface area (Å²) in [5.74, 6) is 0.0629. The molecule has 1 aromatic carbocycles. The first-order chi connectivity index (χ1) is 16.8. The van der Waals surface area contributed by atoms with E-state index in [1.54, 1.807) is 19.9 Å². The van der Waals surface area contributed by atoms with Crippen LogP contribution in [0.15, 0.2) is 18.3 Å². The van der Waals surface area contributed by atoms with Crippen LogP contribution in [0.1, 0.15) is 59.8 Å². The van der Waals surface area contributed by atoms with Crippen molar-refractivity contribution in [1.82, 2.24) is 19.5 Å². The number of imidazole rings is 1. The van der Waals surface area contributed by atoms with E-state index in [-0.39, 0.29) is 28.6 Å². The van der Waals surface area contributed by atoms with Gasteiger partial charge in [0.2, 0.25) is 5.95 Å². The summed E-state index contributed by atoms with van der Waals surface area (Å²) < 4.78 is 28.7. The van der Waals surface area contributed by atoms with Gasteiger partial charge in [-0.25, -0.2) is 19.3 Å². The van der Waals surface area contributed by atoms with Crippen molar-refractivity contribution < 1.29 is 24.1 Å². The molecule has 2 aromatic heterocycles. The zero-order valence-corrected chi connectivity index (χ0v) is 21.8. The Morgan fingerprint density at radius 3 is 2.67 bits per heavy atom. The lowest BCUT2D eigenvalue weighted by atomic mass is 9.93. The molecule has 4 heterocycles. The third-order valence-electron chi connectivity index (χ3n) is 6.80. The standard InChI is InChI=1S/C25H31ClFN5O4/c1-11(2)32-16-8-12(7-14(27)19(16)30-22(32)24(3,4)34)18-13(26)10-28-23(31-18)29-15-9-17-25(5,6)36-21(35-17)20(15)33/h7-8,10-11,15,17,20-21,33-34H,9H2,1-6H3,(H,28,29,31)/t15-,17+,20+,21+/m1/s1. The van der Waals surface area contributed by atoms with Gasteiger partial charge in [0.15, 0.2) is 12.1 Å². The number of aliphatic hydroxyl groups excluding tert-OH is 1. The van der Waals surface area contributed by atoms with Crippen molar-refractivity contribution in [1.29, 1.82) is 0 Å². The third kappa shape index (κ3) is 4.24. The Hall–Kier alpha value is -2.37. The fraction of sp³-hybridized carbons (Fsp3) is 0.560. The number of rotatable bonds is 5. The number of fused-ring (bicyclic) bond motifs is 3. The van der Waals surface area contributed by atoms with E-state index in [9.17, 15) is 10.2 Å². The normalized spacial score (nSPS) is 25.6. The molecule has 2 bridgehead atoms. The SMILES string of the molecule is CC(C)n1c(C(C)(C)O)nc2c(F)cc(-c3nc(N[C@@H]4C[C@@H]5O[C@@H](OC5(C)C)[C@H]4O)ncc3Cl)cc21. The molecule has 36 heavy (non-hydrogen) atoms. The van der Waals surface area contributed by atoms with E-state index in [2.05, 4.69) is 20.3 Å². The summed E-state index contributed by atoms with van der Waals surface area (Å²) >= 11 is 6.45. The van der Waals surface area contributed by atoms with Crippen LogP contribution >= 0.6 is 11.6 Å². The van der Waals surface area contributed by atoms with Gasteiger partial charge < -0.3 is 29.6 Å². The van der Waals surface area contributed by atoms with Gasteiger partial charge in [-0.15, -0.1) is 0 Å². The molecule has 3 aromatic rings. The molecular weight excluding hydrogens is 489 g/mol. The molecule has 0 spiro atoms. The molecule has 5 rings (SSSR count). The van der Waals surface area contributed by atoms with Crippen LogP contribution < -0.4 is 5.32 Å². The van der Waals surface area contributed by atoms with Crippen LogP contribution in [-0.2, 0) is 15.1 Å². The maximum Gasteiger partial charge on any atom is 0.223 e. The molecule has 3 N–H and O–H groups in total. The molecule has 11 heteroatoms. The molecule has 2 saturated heterocycles. The van der Waals surface area contributed by atoms with Crippen molar-refractivity contribution in [3.63, 3.8) is 0 Å². The number of hydrogen-bond acceptors (Lipinski definition) is 8. The Bertz CT molecular complexity index is 1320. The largest absolute Gasteiger partial charge is 0.386 e. The van der Waals surface area contributed by atoms with E-state index < -0.39 is 35.5 Å². The number of ether oxygens (including phenoxy) is 2. The fourth-order valence-corrected chi connectivity index (χ4v) is 5.17. The van der Waals surface area contributed by atoms with E-state index in [1.165, 1.54) is 12.3 Å². The predicted molar refractivity (Wildman–Crippen MR) is 133 cm³/mol. The molecule has 2 aliphatic heterocycles. The number of anilines is 1. The first kappa shape index (κ1) is 25.3. The Kier molecular flexibility index (Phi) is 6.04. The molecule has 0 saturated carbocycles. The number of halogens is 2. The highest BCUT2D eigenvalue weighted by Gasteiger charge is 2.52. The summed E-state index contributed by atoms with van der Waals surface area (Å²) in [6.07, 6.45) is 0.103. The minimum absolute atomic E-state index is 0.0824. The number of nitrogens with one attached hydrogen (secondary N) is 1. The van der Waals surface area contributed by atoms with Crippen molar-refractivity contribution in [2.24, 2.45) is 0 Å². The topological polar surface area (TPSA) is 115 Å². The van der Waals surface area contributed by atoms with Crippen molar-refractivity contribution in [2.75, 3.05) is 5.32 Å². The Morgan fingerprint density at radius 2 is 2.00 bits per heavy atom. The number of aromatic nitrogens is 4. The molecule has 194 valence electrons. The van der Waals surface area contributed by atoms with Crippen molar-refractivity contribution in [3.05, 3.63) is 35.0 Å². The van der Waals surface area contributed by atoms with Gasteiger partial charge in [0.05, 0.1) is 40.2 Å². The quantitative estimate of drug-likeness (QED) is 0.460. The van der Waals surface area contributed by atoms with E-state index in [0.717, 1.165) is 0 Å². The van der Waals surface area contributed by atoms with Gasteiger partial charge >= 0.3 is 0 Å². The maximum absolute atomic E-state index is 15.3. The molecule has 0 radical (unpaired) electrons. The molecule has 0 unspecified atom stereocenters. The van der Waals surface area contributed by atoms with E-state index in [4.69, 9.17) is 21.1 Å². The molecule has 9 nitrogen and oxygen atoms in total. The smallest absolute Gasteiger partial charge is 0.223 e. The van der Waals surface area contributed by atoms with Crippen molar-refractivity contribution in [2.45, 2.75) is 89.7 Å². The Labute approximate surface area is 213 Å².